The summed E-state index contributed by atoms with van der Waals surface area (Å²) in [7, 11) is 0. The fourth-order valence-corrected chi connectivity index (χ4v) is 2.44. The number of carbonyl (C=O) groups excluding carboxylic acids is 1. The van der Waals surface area contributed by atoms with Gasteiger partial charge in [0.2, 0.25) is 0 Å². The summed E-state index contributed by atoms with van der Waals surface area (Å²) in [6.07, 6.45) is 1.14. The number of amides is 2. The van der Waals surface area contributed by atoms with Crippen LogP contribution in [0, 0.1) is 11.8 Å². The molecule has 1 heterocycles. The van der Waals surface area contributed by atoms with Crippen LogP contribution in [-0.4, -0.2) is 25.7 Å². The van der Waals surface area contributed by atoms with Crippen molar-refractivity contribution in [2.75, 3.05) is 19.6 Å². The van der Waals surface area contributed by atoms with Crippen LogP contribution in [0.3, 0.4) is 0 Å². The molecule has 19 heavy (non-hydrogen) atoms. The molecule has 4 nitrogen and oxygen atoms in total. The number of nitrogens with one attached hydrogen (secondary N) is 3. The summed E-state index contributed by atoms with van der Waals surface area (Å²) in [6, 6.07) is 9.87. The summed E-state index contributed by atoms with van der Waals surface area (Å²) < 4.78 is 0. The number of piperidine rings is 1. The molecule has 4 heteroatoms. The van der Waals surface area contributed by atoms with Crippen molar-refractivity contribution in [2.45, 2.75) is 19.9 Å². The van der Waals surface area contributed by atoms with E-state index in [1.165, 1.54) is 0 Å². The van der Waals surface area contributed by atoms with Gasteiger partial charge in [0.1, 0.15) is 0 Å². The highest BCUT2D eigenvalue weighted by Gasteiger charge is 2.21. The van der Waals surface area contributed by atoms with Crippen molar-refractivity contribution in [1.29, 1.82) is 0 Å². The van der Waals surface area contributed by atoms with Gasteiger partial charge in [0.25, 0.3) is 0 Å². The molecule has 1 aliphatic heterocycles. The minimum atomic E-state index is -0.0745. The summed E-state index contributed by atoms with van der Waals surface area (Å²) in [5.41, 5.74) is 1.12. The number of urea groups is 1. The molecule has 2 atom stereocenters. The minimum Gasteiger partial charge on any atom is -0.338 e. The van der Waals surface area contributed by atoms with E-state index in [4.69, 9.17) is 0 Å². The normalized spacial score (nSPS) is 22.8. The second-order valence-corrected chi connectivity index (χ2v) is 5.28. The lowest BCUT2D eigenvalue weighted by Gasteiger charge is -2.29. The highest BCUT2D eigenvalue weighted by atomic mass is 16.2. The van der Waals surface area contributed by atoms with Crippen molar-refractivity contribution in [3.8, 4) is 0 Å². The zero-order valence-corrected chi connectivity index (χ0v) is 11.5. The first-order chi connectivity index (χ1) is 9.25. The van der Waals surface area contributed by atoms with Gasteiger partial charge < -0.3 is 16.0 Å². The SMILES string of the molecule is CC1CNCCC1CNC(=O)NCc1ccccc1. The molecule has 1 saturated heterocycles. The highest BCUT2D eigenvalue weighted by molar-refractivity contribution is 5.73. The Hall–Kier alpha value is -1.55. The molecular formula is C15H23N3O. The van der Waals surface area contributed by atoms with Crippen LogP contribution in [0.15, 0.2) is 30.3 Å². The maximum absolute atomic E-state index is 11.7. The van der Waals surface area contributed by atoms with Crippen molar-refractivity contribution in [1.82, 2.24) is 16.0 Å². The summed E-state index contributed by atoms with van der Waals surface area (Å²) in [5.74, 6) is 1.21. The average molecular weight is 261 g/mol. The van der Waals surface area contributed by atoms with E-state index in [0.717, 1.165) is 31.6 Å². The molecule has 2 amide bonds. The Kier molecular flexibility index (Phi) is 5.21. The van der Waals surface area contributed by atoms with Gasteiger partial charge in [0, 0.05) is 13.1 Å². The van der Waals surface area contributed by atoms with Crippen LogP contribution in [0.2, 0.25) is 0 Å². The first-order valence-corrected chi connectivity index (χ1v) is 7.02. The summed E-state index contributed by atoms with van der Waals surface area (Å²) in [4.78, 5) is 11.7. The maximum atomic E-state index is 11.7. The zero-order chi connectivity index (χ0) is 13.5. The zero-order valence-electron chi connectivity index (χ0n) is 11.5. The van der Waals surface area contributed by atoms with Crippen molar-refractivity contribution >= 4 is 6.03 Å². The second kappa shape index (κ2) is 7.14. The van der Waals surface area contributed by atoms with Crippen LogP contribution < -0.4 is 16.0 Å². The Morgan fingerprint density at radius 3 is 2.84 bits per heavy atom. The first kappa shape index (κ1) is 13.9. The van der Waals surface area contributed by atoms with E-state index in [9.17, 15) is 4.79 Å². The number of rotatable bonds is 4. The Morgan fingerprint density at radius 1 is 1.32 bits per heavy atom. The third-order valence-corrected chi connectivity index (χ3v) is 3.78. The maximum Gasteiger partial charge on any atom is 0.315 e. The standard InChI is InChI=1S/C15H23N3O/c1-12-9-16-8-7-14(12)11-18-15(19)17-10-13-5-3-2-4-6-13/h2-6,12,14,16H,7-11H2,1H3,(H2,17,18,19). The van der Waals surface area contributed by atoms with E-state index in [2.05, 4.69) is 22.9 Å². The molecule has 0 aromatic heterocycles. The summed E-state index contributed by atoms with van der Waals surface area (Å²) in [6.45, 7) is 5.69. The predicted octanol–water partition coefficient (Wildman–Crippen LogP) is 1.73. The summed E-state index contributed by atoms with van der Waals surface area (Å²) >= 11 is 0. The Balaban J connectivity index is 1.67. The van der Waals surface area contributed by atoms with Crippen LogP contribution in [0.1, 0.15) is 18.9 Å². The smallest absolute Gasteiger partial charge is 0.315 e. The van der Waals surface area contributed by atoms with Gasteiger partial charge in [-0.3, -0.25) is 0 Å². The number of hydrogen-bond donors (Lipinski definition) is 3. The fourth-order valence-electron chi connectivity index (χ4n) is 2.44. The van der Waals surface area contributed by atoms with Gasteiger partial charge in [0.15, 0.2) is 0 Å². The lowest BCUT2D eigenvalue weighted by Crippen LogP contribution is -2.43. The number of benzene rings is 1. The monoisotopic (exact) mass is 261 g/mol. The Bertz CT molecular complexity index is 394. The van der Waals surface area contributed by atoms with E-state index in [1.807, 2.05) is 30.3 Å². The van der Waals surface area contributed by atoms with Crippen molar-refractivity contribution < 1.29 is 4.79 Å². The summed E-state index contributed by atoms with van der Waals surface area (Å²) in [5, 5.41) is 9.23. The van der Waals surface area contributed by atoms with Gasteiger partial charge in [-0.25, -0.2) is 4.79 Å². The van der Waals surface area contributed by atoms with Gasteiger partial charge in [-0.15, -0.1) is 0 Å². The van der Waals surface area contributed by atoms with Crippen molar-refractivity contribution in [3.05, 3.63) is 35.9 Å². The molecule has 3 N–H and O–H groups in total. The van der Waals surface area contributed by atoms with Gasteiger partial charge in [0.05, 0.1) is 0 Å². The van der Waals surface area contributed by atoms with E-state index in [-0.39, 0.29) is 6.03 Å². The Morgan fingerprint density at radius 2 is 2.11 bits per heavy atom. The van der Waals surface area contributed by atoms with Crippen molar-refractivity contribution in [3.63, 3.8) is 0 Å². The Labute approximate surface area is 115 Å². The van der Waals surface area contributed by atoms with Crippen LogP contribution in [-0.2, 0) is 6.54 Å². The number of hydrogen-bond acceptors (Lipinski definition) is 2. The highest BCUT2D eigenvalue weighted by Crippen LogP contribution is 2.17. The molecule has 0 bridgehead atoms. The van der Waals surface area contributed by atoms with Gasteiger partial charge in [-0.1, -0.05) is 37.3 Å². The fraction of sp³-hybridized carbons (Fsp3) is 0.533. The molecule has 1 aliphatic rings. The van der Waals surface area contributed by atoms with E-state index in [0.29, 0.717) is 18.4 Å². The van der Waals surface area contributed by atoms with Gasteiger partial charge >= 0.3 is 6.03 Å². The second-order valence-electron chi connectivity index (χ2n) is 5.28. The number of carbonyl (C=O) groups is 1. The predicted molar refractivity (Wildman–Crippen MR) is 76.8 cm³/mol. The van der Waals surface area contributed by atoms with Gasteiger partial charge in [-0.2, -0.15) is 0 Å². The molecule has 2 rings (SSSR count). The van der Waals surface area contributed by atoms with Crippen LogP contribution in [0.5, 0.6) is 0 Å². The lowest BCUT2D eigenvalue weighted by atomic mass is 9.88. The molecule has 0 spiro atoms. The molecule has 1 fully saturated rings. The quantitative estimate of drug-likeness (QED) is 0.773. The van der Waals surface area contributed by atoms with Crippen molar-refractivity contribution in [2.24, 2.45) is 11.8 Å². The molecule has 0 aliphatic carbocycles. The molecular weight excluding hydrogens is 238 g/mol. The van der Waals surface area contributed by atoms with E-state index < -0.39 is 0 Å². The van der Waals surface area contributed by atoms with Crippen LogP contribution in [0.4, 0.5) is 4.79 Å². The molecule has 0 radical (unpaired) electrons. The first-order valence-electron chi connectivity index (χ1n) is 7.02. The minimum absolute atomic E-state index is 0.0745. The van der Waals surface area contributed by atoms with E-state index in [1.54, 1.807) is 0 Å². The van der Waals surface area contributed by atoms with Crippen LogP contribution in [0.25, 0.3) is 0 Å². The molecule has 2 unspecified atom stereocenters. The molecule has 1 aromatic rings. The lowest BCUT2D eigenvalue weighted by molar-refractivity contribution is 0.228. The average Bonchev–Trinajstić information content (AvgIpc) is 2.45. The largest absolute Gasteiger partial charge is 0.338 e. The van der Waals surface area contributed by atoms with Gasteiger partial charge in [-0.05, 0) is 36.9 Å². The topological polar surface area (TPSA) is 53.2 Å². The molecule has 1 aromatic carbocycles. The third-order valence-electron chi connectivity index (χ3n) is 3.78. The molecule has 0 saturated carbocycles. The molecule has 104 valence electrons. The third kappa shape index (κ3) is 4.56. The van der Waals surface area contributed by atoms with Crippen LogP contribution >= 0.6 is 0 Å². The van der Waals surface area contributed by atoms with E-state index >= 15 is 0 Å².